The molecule has 1 aliphatic heterocycles. The molecule has 0 atom stereocenters. The van der Waals surface area contributed by atoms with Gasteiger partial charge in [-0.1, -0.05) is 12.1 Å². The third-order valence-corrected chi connectivity index (χ3v) is 3.17. The van der Waals surface area contributed by atoms with Crippen molar-refractivity contribution in [1.29, 1.82) is 0 Å². The van der Waals surface area contributed by atoms with E-state index in [2.05, 4.69) is 44.5 Å². The van der Waals surface area contributed by atoms with Gasteiger partial charge in [0.1, 0.15) is 0 Å². The van der Waals surface area contributed by atoms with Crippen LogP contribution in [0.3, 0.4) is 0 Å². The standard InChI is InChI=1S/C10H12BrN3/c1-7-3-2-4-8(9(7)11)14-10-12-5-6-13-10/h2-4H,5-6H2,1H3,(H2,12,13,14). The second-order valence-corrected chi connectivity index (χ2v) is 4.01. The molecule has 1 heterocycles. The van der Waals surface area contributed by atoms with Gasteiger partial charge in [-0.15, -0.1) is 0 Å². The molecule has 0 aliphatic carbocycles. The number of anilines is 1. The van der Waals surface area contributed by atoms with Gasteiger partial charge in [0, 0.05) is 11.0 Å². The summed E-state index contributed by atoms with van der Waals surface area (Å²) < 4.78 is 1.09. The van der Waals surface area contributed by atoms with E-state index < -0.39 is 0 Å². The van der Waals surface area contributed by atoms with E-state index in [0.29, 0.717) is 0 Å². The van der Waals surface area contributed by atoms with Crippen molar-refractivity contribution in [2.45, 2.75) is 6.92 Å². The molecular weight excluding hydrogens is 242 g/mol. The second-order valence-electron chi connectivity index (χ2n) is 3.22. The van der Waals surface area contributed by atoms with Crippen molar-refractivity contribution in [3.63, 3.8) is 0 Å². The van der Waals surface area contributed by atoms with Gasteiger partial charge in [-0.2, -0.15) is 0 Å². The lowest BCUT2D eigenvalue weighted by atomic mass is 10.2. The minimum absolute atomic E-state index is 0.853. The van der Waals surface area contributed by atoms with Gasteiger partial charge >= 0.3 is 0 Å². The Bertz CT molecular complexity index is 374. The van der Waals surface area contributed by atoms with Crippen LogP contribution in [-0.4, -0.2) is 19.0 Å². The van der Waals surface area contributed by atoms with Gasteiger partial charge < -0.3 is 10.6 Å². The maximum Gasteiger partial charge on any atom is 0.195 e. The van der Waals surface area contributed by atoms with E-state index in [-0.39, 0.29) is 0 Å². The molecule has 2 rings (SSSR count). The number of hydrogen-bond donors (Lipinski definition) is 2. The summed E-state index contributed by atoms with van der Waals surface area (Å²) in [5, 5.41) is 6.41. The van der Waals surface area contributed by atoms with Gasteiger partial charge in [0.05, 0.1) is 12.2 Å². The molecule has 3 nitrogen and oxygen atoms in total. The Hall–Kier alpha value is -1.03. The van der Waals surface area contributed by atoms with Gasteiger partial charge in [-0.25, -0.2) is 0 Å². The fourth-order valence-corrected chi connectivity index (χ4v) is 1.72. The van der Waals surface area contributed by atoms with Crippen molar-refractivity contribution < 1.29 is 0 Å². The molecule has 0 saturated carbocycles. The molecule has 0 spiro atoms. The summed E-state index contributed by atoms with van der Waals surface area (Å²) in [7, 11) is 0. The Morgan fingerprint density at radius 2 is 2.36 bits per heavy atom. The van der Waals surface area contributed by atoms with E-state index in [0.717, 1.165) is 29.2 Å². The first-order valence-electron chi connectivity index (χ1n) is 4.58. The predicted octanol–water partition coefficient (Wildman–Crippen LogP) is 2.13. The number of hydrogen-bond acceptors (Lipinski definition) is 3. The number of aliphatic imine (C=N–C) groups is 1. The fraction of sp³-hybridized carbons (Fsp3) is 0.300. The smallest absolute Gasteiger partial charge is 0.195 e. The highest BCUT2D eigenvalue weighted by atomic mass is 79.9. The fourth-order valence-electron chi connectivity index (χ4n) is 1.35. The quantitative estimate of drug-likeness (QED) is 0.805. The zero-order valence-corrected chi connectivity index (χ0v) is 9.56. The Labute approximate surface area is 91.7 Å². The van der Waals surface area contributed by atoms with Crippen molar-refractivity contribution in [1.82, 2.24) is 5.32 Å². The molecule has 0 aromatic heterocycles. The molecule has 0 unspecified atom stereocenters. The molecule has 0 fully saturated rings. The monoisotopic (exact) mass is 253 g/mol. The van der Waals surface area contributed by atoms with Crippen LogP contribution in [0, 0.1) is 6.92 Å². The zero-order chi connectivity index (χ0) is 9.97. The number of guanidine groups is 1. The first-order chi connectivity index (χ1) is 6.77. The van der Waals surface area contributed by atoms with Crippen LogP contribution in [-0.2, 0) is 0 Å². The summed E-state index contributed by atoms with van der Waals surface area (Å²) in [4.78, 5) is 4.28. The molecule has 2 N–H and O–H groups in total. The second kappa shape index (κ2) is 4.00. The van der Waals surface area contributed by atoms with Crippen molar-refractivity contribution >= 4 is 27.6 Å². The van der Waals surface area contributed by atoms with Crippen LogP contribution in [0.5, 0.6) is 0 Å². The topological polar surface area (TPSA) is 36.4 Å². The van der Waals surface area contributed by atoms with Crippen LogP contribution in [0.1, 0.15) is 5.56 Å². The van der Waals surface area contributed by atoms with Crippen LogP contribution in [0.4, 0.5) is 5.69 Å². The number of aryl methyl sites for hydroxylation is 1. The zero-order valence-electron chi connectivity index (χ0n) is 7.97. The van der Waals surface area contributed by atoms with E-state index in [4.69, 9.17) is 0 Å². The number of benzene rings is 1. The van der Waals surface area contributed by atoms with Gasteiger partial charge in [0.2, 0.25) is 0 Å². The molecule has 4 heteroatoms. The lowest BCUT2D eigenvalue weighted by Crippen LogP contribution is -2.26. The van der Waals surface area contributed by atoms with E-state index in [1.165, 1.54) is 5.56 Å². The lowest BCUT2D eigenvalue weighted by Gasteiger charge is -2.09. The number of nitrogens with zero attached hydrogens (tertiary/aromatic N) is 1. The van der Waals surface area contributed by atoms with Crippen molar-refractivity contribution in [3.05, 3.63) is 28.2 Å². The molecule has 0 amide bonds. The van der Waals surface area contributed by atoms with Crippen LogP contribution in [0.15, 0.2) is 27.7 Å². The summed E-state index contributed by atoms with van der Waals surface area (Å²) in [6, 6.07) is 6.12. The van der Waals surface area contributed by atoms with Crippen LogP contribution >= 0.6 is 15.9 Å². The van der Waals surface area contributed by atoms with Gasteiger partial charge in [0.15, 0.2) is 5.96 Å². The Kier molecular flexibility index (Phi) is 2.72. The maximum atomic E-state index is 4.28. The first-order valence-corrected chi connectivity index (χ1v) is 5.37. The van der Waals surface area contributed by atoms with E-state index >= 15 is 0 Å². The van der Waals surface area contributed by atoms with Crippen LogP contribution < -0.4 is 10.6 Å². The third-order valence-electron chi connectivity index (χ3n) is 2.12. The van der Waals surface area contributed by atoms with Gasteiger partial charge in [-0.3, -0.25) is 4.99 Å². The van der Waals surface area contributed by atoms with Crippen molar-refractivity contribution in [2.75, 3.05) is 18.4 Å². The minimum Gasteiger partial charge on any atom is -0.354 e. The highest BCUT2D eigenvalue weighted by Crippen LogP contribution is 2.25. The number of halogens is 1. The summed E-state index contributed by atoms with van der Waals surface area (Å²) >= 11 is 3.54. The van der Waals surface area contributed by atoms with Crippen molar-refractivity contribution in [3.8, 4) is 0 Å². The Morgan fingerprint density at radius 3 is 3.07 bits per heavy atom. The largest absolute Gasteiger partial charge is 0.354 e. The summed E-state index contributed by atoms with van der Waals surface area (Å²) in [5.74, 6) is 0.858. The third kappa shape index (κ3) is 1.90. The Morgan fingerprint density at radius 1 is 1.50 bits per heavy atom. The molecule has 74 valence electrons. The molecule has 14 heavy (non-hydrogen) atoms. The van der Waals surface area contributed by atoms with E-state index in [9.17, 15) is 0 Å². The molecule has 1 aliphatic rings. The van der Waals surface area contributed by atoms with Gasteiger partial charge in [0.25, 0.3) is 0 Å². The molecule has 1 aromatic carbocycles. The summed E-state index contributed by atoms with van der Waals surface area (Å²) in [5.41, 5.74) is 2.27. The molecule has 1 aromatic rings. The summed E-state index contributed by atoms with van der Waals surface area (Å²) in [6.45, 7) is 3.84. The molecule has 0 radical (unpaired) electrons. The Balaban J connectivity index is 2.20. The van der Waals surface area contributed by atoms with E-state index in [1.807, 2.05) is 12.1 Å². The SMILES string of the molecule is Cc1cccc(NC2=NCCN2)c1Br. The number of nitrogens with one attached hydrogen (secondary N) is 2. The molecule has 0 bridgehead atoms. The minimum atomic E-state index is 0.853. The summed E-state index contributed by atoms with van der Waals surface area (Å²) in [6.07, 6.45) is 0. The highest BCUT2D eigenvalue weighted by Gasteiger charge is 2.07. The van der Waals surface area contributed by atoms with E-state index in [1.54, 1.807) is 0 Å². The number of rotatable bonds is 1. The average molecular weight is 254 g/mol. The maximum absolute atomic E-state index is 4.28. The first kappa shape index (κ1) is 9.52. The normalized spacial score (nSPS) is 14.9. The molecular formula is C10H12BrN3. The predicted molar refractivity (Wildman–Crippen MR) is 62.8 cm³/mol. The molecule has 0 saturated heterocycles. The lowest BCUT2D eigenvalue weighted by molar-refractivity contribution is 0.959. The highest BCUT2D eigenvalue weighted by molar-refractivity contribution is 9.10. The van der Waals surface area contributed by atoms with Crippen LogP contribution in [0.2, 0.25) is 0 Å². The van der Waals surface area contributed by atoms with Crippen molar-refractivity contribution in [2.24, 2.45) is 4.99 Å². The average Bonchev–Trinajstić information content (AvgIpc) is 2.66. The van der Waals surface area contributed by atoms with Gasteiger partial charge in [-0.05, 0) is 34.5 Å². The van der Waals surface area contributed by atoms with Crippen LogP contribution in [0.25, 0.3) is 0 Å².